The van der Waals surface area contributed by atoms with Gasteiger partial charge in [0.1, 0.15) is 4.83 Å². The zero-order valence-corrected chi connectivity index (χ0v) is 29.3. The molecule has 3 nitrogen and oxygen atoms in total. The molecule has 0 amide bonds. The number of halogens is 1. The Morgan fingerprint density at radius 3 is 2.39 bits per heavy atom. The molecule has 2 aromatic carbocycles. The van der Waals surface area contributed by atoms with E-state index in [-0.39, 0.29) is 25.9 Å². The Morgan fingerprint density at radius 1 is 0.927 bits per heavy atom. The Bertz CT molecular complexity index is 1830. The van der Waals surface area contributed by atoms with Crippen molar-refractivity contribution in [3.05, 3.63) is 108 Å². The van der Waals surface area contributed by atoms with Gasteiger partial charge in [0.15, 0.2) is 0 Å². The molecule has 211 valence electrons. The largest absolute Gasteiger partial charge is 0 e. The van der Waals surface area contributed by atoms with E-state index in [1.54, 1.807) is 23.6 Å². The van der Waals surface area contributed by atoms with E-state index < -0.39 is 19.2 Å². The van der Waals surface area contributed by atoms with Crippen LogP contribution in [-0.2, 0) is 20.1 Å². The van der Waals surface area contributed by atoms with Crippen LogP contribution in [0.1, 0.15) is 32.4 Å². The summed E-state index contributed by atoms with van der Waals surface area (Å²) >= 11 is -0.105. The van der Waals surface area contributed by atoms with Crippen LogP contribution in [0.5, 0.6) is 0 Å². The van der Waals surface area contributed by atoms with Crippen LogP contribution in [0.4, 0.5) is 4.39 Å². The molecule has 6 rings (SSSR count). The summed E-state index contributed by atoms with van der Waals surface area (Å²) in [6.45, 7) is 5.79. The van der Waals surface area contributed by atoms with Crippen molar-refractivity contribution in [2.24, 2.45) is 0 Å². The number of hydrogen-bond donors (Lipinski definition) is 0. The molecule has 0 unspecified atom stereocenters. The Labute approximate surface area is 263 Å². The SMILES string of the molecule is [2H]C(C)(C)c1ccnc(-c2[c-]ccc3c2sc2nc(C)ccc23)c1.[CH3][Ge]([CH3])([CH3])[c]1ccc(-c2[c-]cc(F)cc2)nc1.[Ir]. The number of aryl methyl sites for hydroxylation is 1. The summed E-state index contributed by atoms with van der Waals surface area (Å²) in [6.07, 6.45) is 3.73. The second kappa shape index (κ2) is 13.0. The molecule has 0 saturated carbocycles. The van der Waals surface area contributed by atoms with Gasteiger partial charge in [0.25, 0.3) is 0 Å². The molecule has 0 spiro atoms. The maximum Gasteiger partial charge on any atom is 0 e. The molecule has 1 radical (unpaired) electrons. The van der Waals surface area contributed by atoms with E-state index in [2.05, 4.69) is 62.6 Å². The van der Waals surface area contributed by atoms with E-state index in [1.165, 1.54) is 27.3 Å². The first-order valence-corrected chi connectivity index (χ1v) is 21.4. The van der Waals surface area contributed by atoms with Crippen molar-refractivity contribution in [1.29, 1.82) is 0 Å². The number of fused-ring (bicyclic) bond motifs is 3. The number of aromatic nitrogens is 3. The molecule has 0 N–H and O–H groups in total. The maximum absolute atomic E-state index is 12.8. The molecule has 7 heteroatoms. The maximum atomic E-state index is 12.8. The zero-order chi connectivity index (χ0) is 29.4. The number of benzene rings is 2. The van der Waals surface area contributed by atoms with Gasteiger partial charge in [-0.15, -0.1) is 23.8 Å². The van der Waals surface area contributed by atoms with Crippen LogP contribution in [0.25, 0.3) is 42.8 Å². The second-order valence-electron chi connectivity index (χ2n) is 11.0. The van der Waals surface area contributed by atoms with Crippen molar-refractivity contribution >= 4 is 49.3 Å². The van der Waals surface area contributed by atoms with Crippen molar-refractivity contribution in [3.63, 3.8) is 0 Å². The van der Waals surface area contributed by atoms with Gasteiger partial charge >= 0.3 is 104 Å². The van der Waals surface area contributed by atoms with Crippen molar-refractivity contribution in [2.75, 3.05) is 0 Å². The van der Waals surface area contributed by atoms with Crippen LogP contribution in [0.2, 0.25) is 17.3 Å². The first kappa shape index (κ1) is 29.7. The normalized spacial score (nSPS) is 11.9. The minimum Gasteiger partial charge on any atom is 0 e. The molecular weight excluding hydrogens is 766 g/mol. The molecule has 6 aromatic rings. The van der Waals surface area contributed by atoms with Crippen molar-refractivity contribution in [2.45, 2.75) is 43.9 Å². The number of pyridine rings is 3. The van der Waals surface area contributed by atoms with Gasteiger partial charge in [-0.05, 0) is 40.7 Å². The average Bonchev–Trinajstić information content (AvgIpc) is 3.31. The van der Waals surface area contributed by atoms with Crippen LogP contribution in [0.15, 0.2) is 79.1 Å². The molecule has 0 atom stereocenters. The minimum absolute atomic E-state index is 0. The third kappa shape index (κ3) is 7.18. The predicted molar refractivity (Wildman–Crippen MR) is 169 cm³/mol. The summed E-state index contributed by atoms with van der Waals surface area (Å²) in [6, 6.07) is 27.0. The summed E-state index contributed by atoms with van der Waals surface area (Å²) in [5.74, 6) is 6.09. The molecule has 4 aromatic heterocycles. The number of rotatable bonds is 4. The standard InChI is InChI=1S/C20H17N2S.C14H15FGeN.Ir/c1-12(2)14-9-10-21-18(11-14)17-6-4-5-15-16-8-7-13(3)22-20(16)23-19(15)17;1-16(2,3)13-8-9-14(17-10-13)11-4-6-12(15)7-5-11;/h4-5,7-12H,1-3H3;4,6-10H,1-3H3;/q2*-1;/i12D;;. The molecule has 0 aliphatic carbocycles. The van der Waals surface area contributed by atoms with Crippen LogP contribution < -0.4 is 4.40 Å². The third-order valence-electron chi connectivity index (χ3n) is 6.71. The molecule has 0 fully saturated rings. The van der Waals surface area contributed by atoms with E-state index in [9.17, 15) is 4.39 Å². The van der Waals surface area contributed by atoms with E-state index >= 15 is 0 Å². The fourth-order valence-corrected chi connectivity index (χ4v) is 7.74. The summed E-state index contributed by atoms with van der Waals surface area (Å²) in [5, 5.41) is 2.36. The molecule has 4 heterocycles. The van der Waals surface area contributed by atoms with Crippen LogP contribution in [0.3, 0.4) is 0 Å². The summed E-state index contributed by atoms with van der Waals surface area (Å²) in [5.41, 5.74) is 5.50. The molecular formula is C34H32FGeIrN3S-2. The predicted octanol–water partition coefficient (Wildman–Crippen LogP) is 8.97. The van der Waals surface area contributed by atoms with Gasteiger partial charge in [0.05, 0.1) is 0 Å². The number of hydrogen-bond acceptors (Lipinski definition) is 4. The van der Waals surface area contributed by atoms with Crippen LogP contribution in [0, 0.1) is 24.9 Å². The van der Waals surface area contributed by atoms with Gasteiger partial charge in [0, 0.05) is 33.4 Å². The van der Waals surface area contributed by atoms with Gasteiger partial charge in [-0.3, -0.25) is 0 Å². The van der Waals surface area contributed by atoms with Crippen LogP contribution in [-0.4, -0.2) is 28.2 Å². The number of nitrogens with zero attached hydrogens (tertiary/aromatic N) is 3. The summed E-state index contributed by atoms with van der Waals surface area (Å²) in [7, 11) is 0. The van der Waals surface area contributed by atoms with Gasteiger partial charge in [0.2, 0.25) is 0 Å². The van der Waals surface area contributed by atoms with Crippen molar-refractivity contribution in [1.82, 2.24) is 15.0 Å². The van der Waals surface area contributed by atoms with E-state index in [0.717, 1.165) is 43.3 Å². The first-order valence-electron chi connectivity index (χ1n) is 13.7. The first-order chi connectivity index (χ1) is 19.4. The van der Waals surface area contributed by atoms with Gasteiger partial charge < -0.3 is 4.98 Å². The van der Waals surface area contributed by atoms with Gasteiger partial charge in [-0.25, -0.2) is 4.98 Å². The monoisotopic (exact) mass is 801 g/mol. The molecule has 41 heavy (non-hydrogen) atoms. The second-order valence-corrected chi connectivity index (χ2v) is 22.7. The van der Waals surface area contributed by atoms with Crippen LogP contribution >= 0.6 is 11.3 Å². The molecule has 0 bridgehead atoms. The number of thiophene rings is 1. The molecule has 0 saturated heterocycles. The van der Waals surface area contributed by atoms with E-state index in [0.29, 0.717) is 0 Å². The zero-order valence-electron chi connectivity index (χ0n) is 25.0. The Kier molecular flexibility index (Phi) is 9.45. The third-order valence-corrected chi connectivity index (χ3v) is 12.1. The Balaban J connectivity index is 0.000000200. The van der Waals surface area contributed by atoms with Gasteiger partial charge in [-0.1, -0.05) is 36.9 Å². The average molecular weight is 800 g/mol. The van der Waals surface area contributed by atoms with Gasteiger partial charge in [-0.2, -0.15) is 11.3 Å². The quantitative estimate of drug-likeness (QED) is 0.132. The Hall–Kier alpha value is -2.77. The summed E-state index contributed by atoms with van der Waals surface area (Å²) in [4.78, 5) is 14.7. The fraction of sp³-hybridized carbons (Fsp3) is 0.206. The van der Waals surface area contributed by atoms with Crippen molar-refractivity contribution < 1.29 is 25.9 Å². The van der Waals surface area contributed by atoms with E-state index in [1.807, 2.05) is 57.3 Å². The fourth-order valence-electron chi connectivity index (χ4n) is 4.35. The smallest absolute Gasteiger partial charge is 0 e. The minimum atomic E-state index is -1.79. The van der Waals surface area contributed by atoms with Crippen molar-refractivity contribution in [3.8, 4) is 22.5 Å². The molecule has 0 aliphatic heterocycles. The van der Waals surface area contributed by atoms with E-state index in [4.69, 9.17) is 1.37 Å². The topological polar surface area (TPSA) is 38.7 Å². The Morgan fingerprint density at radius 2 is 1.73 bits per heavy atom. The summed E-state index contributed by atoms with van der Waals surface area (Å²) < 4.78 is 23.6. The molecule has 0 aliphatic rings.